The highest BCUT2D eigenvalue weighted by Crippen LogP contribution is 2.31. The summed E-state index contributed by atoms with van der Waals surface area (Å²) >= 11 is 0. The third-order valence-electron chi connectivity index (χ3n) is 6.15. The molecule has 4 aromatic rings. The molecule has 3 aromatic carbocycles. The van der Waals surface area contributed by atoms with Crippen molar-refractivity contribution in [2.45, 2.75) is 46.0 Å². The van der Waals surface area contributed by atoms with Crippen LogP contribution >= 0.6 is 0 Å². The molecule has 0 aliphatic heterocycles. The first kappa shape index (κ1) is 23.8. The Bertz CT molecular complexity index is 1390. The molecular formula is C27H28F3N3O. The molecule has 0 saturated carbocycles. The van der Waals surface area contributed by atoms with E-state index in [1.165, 1.54) is 17.7 Å². The highest BCUT2D eigenvalue weighted by molar-refractivity contribution is 5.77. The normalized spacial score (nSPS) is 12.8. The summed E-state index contributed by atoms with van der Waals surface area (Å²) < 4.78 is 44.1. The topological polar surface area (TPSA) is 42.5 Å². The maximum absolute atomic E-state index is 13.5. The fourth-order valence-corrected chi connectivity index (χ4v) is 4.31. The van der Waals surface area contributed by atoms with Gasteiger partial charge in [-0.05, 0) is 65.4 Å². The van der Waals surface area contributed by atoms with Crippen LogP contribution in [-0.4, -0.2) is 14.2 Å². The van der Waals surface area contributed by atoms with Gasteiger partial charge in [-0.15, -0.1) is 0 Å². The summed E-state index contributed by atoms with van der Waals surface area (Å²) in [6.07, 6.45) is -4.44. The third-order valence-corrected chi connectivity index (χ3v) is 6.15. The number of aryl methyl sites for hydroxylation is 2. The Morgan fingerprint density at radius 2 is 1.59 bits per heavy atom. The van der Waals surface area contributed by atoms with Crippen LogP contribution in [0, 0.1) is 6.92 Å². The van der Waals surface area contributed by atoms with Crippen molar-refractivity contribution in [1.82, 2.24) is 9.13 Å². The van der Waals surface area contributed by atoms with Crippen LogP contribution in [0.5, 0.6) is 0 Å². The number of nitrogens with zero attached hydrogens (tertiary/aromatic N) is 3. The number of alkyl halides is 3. The Kier molecular flexibility index (Phi) is 6.41. The summed E-state index contributed by atoms with van der Waals surface area (Å²) in [5.74, 6) is 0.388. The largest absolute Gasteiger partial charge is 0.416 e. The number of hydrogen-bond acceptors (Lipinski definition) is 2. The van der Waals surface area contributed by atoms with Gasteiger partial charge in [0.1, 0.15) is 0 Å². The minimum Gasteiger partial charge on any atom is -0.392 e. The second-order valence-electron chi connectivity index (χ2n) is 8.93. The molecule has 178 valence electrons. The zero-order valence-corrected chi connectivity index (χ0v) is 19.7. The summed E-state index contributed by atoms with van der Waals surface area (Å²) in [7, 11) is 1.81. The van der Waals surface area contributed by atoms with E-state index in [-0.39, 0.29) is 6.61 Å². The van der Waals surface area contributed by atoms with Crippen LogP contribution in [0.2, 0.25) is 0 Å². The van der Waals surface area contributed by atoms with Gasteiger partial charge in [0, 0.05) is 7.05 Å². The molecule has 0 bridgehead atoms. The summed E-state index contributed by atoms with van der Waals surface area (Å²) in [5, 5.41) is 9.32. The summed E-state index contributed by atoms with van der Waals surface area (Å²) in [5.41, 5.74) is 5.76. The predicted molar refractivity (Wildman–Crippen MR) is 128 cm³/mol. The minimum atomic E-state index is -4.44. The number of aliphatic hydroxyl groups excluding tert-OH is 1. The van der Waals surface area contributed by atoms with E-state index in [0.717, 1.165) is 28.4 Å². The first-order valence-corrected chi connectivity index (χ1v) is 11.2. The lowest BCUT2D eigenvalue weighted by Gasteiger charge is -2.10. The molecule has 0 radical (unpaired) electrons. The molecule has 0 saturated heterocycles. The Hall–Kier alpha value is -3.32. The highest BCUT2D eigenvalue weighted by atomic mass is 19.4. The minimum absolute atomic E-state index is 0.0665. The number of halogens is 3. The van der Waals surface area contributed by atoms with Crippen LogP contribution in [0.25, 0.3) is 11.0 Å². The van der Waals surface area contributed by atoms with E-state index in [1.807, 2.05) is 59.5 Å². The fraction of sp³-hybridized carbons (Fsp3) is 0.296. The second-order valence-corrected chi connectivity index (χ2v) is 8.93. The van der Waals surface area contributed by atoms with Gasteiger partial charge in [0.25, 0.3) is 0 Å². The molecule has 1 heterocycles. The average molecular weight is 468 g/mol. The van der Waals surface area contributed by atoms with Crippen LogP contribution in [0.4, 0.5) is 18.9 Å². The molecule has 4 nitrogen and oxygen atoms in total. The van der Waals surface area contributed by atoms with Gasteiger partial charge in [-0.25, -0.2) is 4.99 Å². The van der Waals surface area contributed by atoms with Crippen LogP contribution in [0.15, 0.2) is 65.7 Å². The number of aromatic nitrogens is 2. The van der Waals surface area contributed by atoms with Crippen molar-refractivity contribution in [2.75, 3.05) is 0 Å². The van der Waals surface area contributed by atoms with Gasteiger partial charge in [0.2, 0.25) is 5.62 Å². The Labute approximate surface area is 196 Å². The standard InChI is InChI=1S/C27H28F3N3O/c1-17(2)23-11-10-22(13-18(23)3)31-26-32(4)24-12-9-21(27(28,29)30)14-25(24)33(26)15-19-5-7-20(16-34)8-6-19/h5-14,17,34H,15-16H2,1-4H3. The van der Waals surface area contributed by atoms with E-state index in [0.29, 0.717) is 29.1 Å². The lowest BCUT2D eigenvalue weighted by atomic mass is 9.98. The van der Waals surface area contributed by atoms with Gasteiger partial charge >= 0.3 is 6.18 Å². The Morgan fingerprint density at radius 1 is 0.912 bits per heavy atom. The predicted octanol–water partition coefficient (Wildman–Crippen LogP) is 6.20. The van der Waals surface area contributed by atoms with Gasteiger partial charge in [-0.1, -0.05) is 44.2 Å². The number of fused-ring (bicyclic) bond motifs is 1. The molecule has 4 rings (SSSR count). The zero-order chi connectivity index (χ0) is 24.6. The maximum atomic E-state index is 13.5. The Balaban J connectivity index is 1.94. The third kappa shape index (κ3) is 4.66. The van der Waals surface area contributed by atoms with Crippen LogP contribution < -0.4 is 5.62 Å². The number of hydrogen-bond donors (Lipinski definition) is 1. The molecule has 34 heavy (non-hydrogen) atoms. The highest BCUT2D eigenvalue weighted by Gasteiger charge is 2.31. The fourth-order valence-electron chi connectivity index (χ4n) is 4.31. The molecule has 0 unspecified atom stereocenters. The SMILES string of the molecule is Cc1cc(N=c2n(C)c3ccc(C(F)(F)F)cc3n2Cc2ccc(CO)cc2)ccc1C(C)C. The van der Waals surface area contributed by atoms with Gasteiger partial charge in [0.15, 0.2) is 0 Å². The van der Waals surface area contributed by atoms with Gasteiger partial charge < -0.3 is 14.2 Å². The van der Waals surface area contributed by atoms with E-state index in [1.54, 1.807) is 0 Å². The molecule has 0 aliphatic carbocycles. The van der Waals surface area contributed by atoms with Crippen molar-refractivity contribution in [3.05, 3.63) is 94.1 Å². The van der Waals surface area contributed by atoms with Crippen molar-refractivity contribution in [1.29, 1.82) is 0 Å². The number of imidazole rings is 1. The van der Waals surface area contributed by atoms with Gasteiger partial charge in [-0.3, -0.25) is 0 Å². The summed E-state index contributed by atoms with van der Waals surface area (Å²) in [6.45, 7) is 6.59. The summed E-state index contributed by atoms with van der Waals surface area (Å²) in [6, 6.07) is 17.2. The molecule has 0 fully saturated rings. The Morgan fingerprint density at radius 3 is 2.18 bits per heavy atom. The van der Waals surface area contributed by atoms with Crippen molar-refractivity contribution < 1.29 is 18.3 Å². The molecular weight excluding hydrogens is 439 g/mol. The molecule has 7 heteroatoms. The van der Waals surface area contributed by atoms with Crippen molar-refractivity contribution in [2.24, 2.45) is 12.0 Å². The van der Waals surface area contributed by atoms with E-state index in [9.17, 15) is 18.3 Å². The van der Waals surface area contributed by atoms with Gasteiger partial charge in [0.05, 0.1) is 35.4 Å². The number of rotatable bonds is 5. The van der Waals surface area contributed by atoms with E-state index in [2.05, 4.69) is 19.9 Å². The number of aliphatic hydroxyl groups is 1. The second kappa shape index (κ2) is 9.14. The van der Waals surface area contributed by atoms with Crippen molar-refractivity contribution in [3.8, 4) is 0 Å². The molecule has 1 N–H and O–H groups in total. The average Bonchev–Trinajstić information content (AvgIpc) is 3.04. The monoisotopic (exact) mass is 467 g/mol. The zero-order valence-electron chi connectivity index (χ0n) is 19.7. The van der Waals surface area contributed by atoms with E-state index < -0.39 is 11.7 Å². The molecule has 0 amide bonds. The molecule has 0 atom stereocenters. The first-order chi connectivity index (χ1) is 16.1. The lowest BCUT2D eigenvalue weighted by Crippen LogP contribution is -2.24. The number of benzene rings is 3. The molecule has 0 aliphatic rings. The lowest BCUT2D eigenvalue weighted by molar-refractivity contribution is -0.137. The van der Waals surface area contributed by atoms with Crippen LogP contribution in [0.3, 0.4) is 0 Å². The van der Waals surface area contributed by atoms with E-state index in [4.69, 9.17) is 4.99 Å². The summed E-state index contributed by atoms with van der Waals surface area (Å²) in [4.78, 5) is 4.87. The molecule has 1 aromatic heterocycles. The van der Waals surface area contributed by atoms with Crippen LogP contribution in [0.1, 0.15) is 47.6 Å². The van der Waals surface area contributed by atoms with Crippen molar-refractivity contribution in [3.63, 3.8) is 0 Å². The van der Waals surface area contributed by atoms with Crippen LogP contribution in [-0.2, 0) is 26.4 Å². The van der Waals surface area contributed by atoms with E-state index >= 15 is 0 Å². The van der Waals surface area contributed by atoms with Gasteiger partial charge in [-0.2, -0.15) is 13.2 Å². The first-order valence-electron chi connectivity index (χ1n) is 11.2. The molecule has 0 spiro atoms. The quantitative estimate of drug-likeness (QED) is 0.373. The smallest absolute Gasteiger partial charge is 0.392 e. The maximum Gasteiger partial charge on any atom is 0.416 e. The van der Waals surface area contributed by atoms with Crippen molar-refractivity contribution >= 4 is 16.7 Å².